The maximum absolute atomic E-state index is 13.5. The molecule has 5 heteroatoms. The summed E-state index contributed by atoms with van der Waals surface area (Å²) < 4.78 is 26.2. The summed E-state index contributed by atoms with van der Waals surface area (Å²) in [6, 6.07) is 10.0. The van der Waals surface area contributed by atoms with E-state index in [-0.39, 0.29) is 5.56 Å². The Labute approximate surface area is 115 Å². The first-order chi connectivity index (χ1) is 9.60. The van der Waals surface area contributed by atoms with E-state index in [0.29, 0.717) is 11.8 Å². The number of halogens is 2. The molecule has 2 aromatic rings. The topological polar surface area (TPSA) is 41.1 Å². The number of anilines is 1. The Balaban J connectivity index is 2.11. The highest BCUT2D eigenvalue weighted by Gasteiger charge is 2.12. The molecule has 0 radical (unpaired) electrons. The van der Waals surface area contributed by atoms with Crippen LogP contribution < -0.4 is 10.6 Å². The maximum atomic E-state index is 13.5. The third kappa shape index (κ3) is 3.39. The van der Waals surface area contributed by atoms with E-state index >= 15 is 0 Å². The van der Waals surface area contributed by atoms with Crippen LogP contribution in [-0.2, 0) is 6.54 Å². The van der Waals surface area contributed by atoms with Crippen LogP contribution in [0.5, 0.6) is 0 Å². The van der Waals surface area contributed by atoms with Gasteiger partial charge >= 0.3 is 0 Å². The fourth-order valence-electron chi connectivity index (χ4n) is 1.78. The second-order valence-electron chi connectivity index (χ2n) is 4.31. The van der Waals surface area contributed by atoms with Crippen LogP contribution in [0.3, 0.4) is 0 Å². The minimum absolute atomic E-state index is 0.189. The standard InChI is InChI=1S/C15H14F2N2O/c1-18-9-10-2-5-12(6-3-10)19-15(20)13-7-4-11(16)8-14(13)17/h2-8,18H,9H2,1H3,(H,19,20). The Hall–Kier alpha value is -2.27. The lowest BCUT2D eigenvalue weighted by Gasteiger charge is -2.07. The highest BCUT2D eigenvalue weighted by Crippen LogP contribution is 2.14. The highest BCUT2D eigenvalue weighted by atomic mass is 19.1. The van der Waals surface area contributed by atoms with Gasteiger partial charge in [-0.1, -0.05) is 12.1 Å². The van der Waals surface area contributed by atoms with Gasteiger partial charge in [0.15, 0.2) is 0 Å². The van der Waals surface area contributed by atoms with Crippen LogP contribution in [0.2, 0.25) is 0 Å². The third-order valence-corrected chi connectivity index (χ3v) is 2.77. The van der Waals surface area contributed by atoms with Crippen LogP contribution in [0.1, 0.15) is 15.9 Å². The average Bonchev–Trinajstić information content (AvgIpc) is 2.41. The number of benzene rings is 2. The van der Waals surface area contributed by atoms with E-state index in [9.17, 15) is 13.6 Å². The minimum Gasteiger partial charge on any atom is -0.322 e. The Bertz CT molecular complexity index is 612. The number of carbonyl (C=O) groups excluding carboxylic acids is 1. The van der Waals surface area contributed by atoms with Gasteiger partial charge in [-0.3, -0.25) is 4.79 Å². The molecule has 0 aliphatic heterocycles. The van der Waals surface area contributed by atoms with Crippen molar-refractivity contribution in [3.8, 4) is 0 Å². The van der Waals surface area contributed by atoms with Crippen LogP contribution in [0.15, 0.2) is 42.5 Å². The average molecular weight is 276 g/mol. The fraction of sp³-hybridized carbons (Fsp3) is 0.133. The smallest absolute Gasteiger partial charge is 0.258 e. The fourth-order valence-corrected chi connectivity index (χ4v) is 1.78. The summed E-state index contributed by atoms with van der Waals surface area (Å²) in [5.41, 5.74) is 1.43. The van der Waals surface area contributed by atoms with Crippen molar-refractivity contribution in [2.75, 3.05) is 12.4 Å². The van der Waals surface area contributed by atoms with Crippen molar-refractivity contribution in [2.24, 2.45) is 0 Å². The predicted molar refractivity (Wildman–Crippen MR) is 73.5 cm³/mol. The van der Waals surface area contributed by atoms with Crippen molar-refractivity contribution in [3.05, 3.63) is 65.2 Å². The van der Waals surface area contributed by atoms with Crippen molar-refractivity contribution >= 4 is 11.6 Å². The van der Waals surface area contributed by atoms with Crippen molar-refractivity contribution in [2.45, 2.75) is 6.54 Å². The molecular formula is C15H14F2N2O. The van der Waals surface area contributed by atoms with Gasteiger partial charge in [-0.05, 0) is 36.9 Å². The van der Waals surface area contributed by atoms with E-state index < -0.39 is 17.5 Å². The molecule has 0 fully saturated rings. The molecule has 0 heterocycles. The first-order valence-corrected chi connectivity index (χ1v) is 6.10. The Kier molecular flexibility index (Phi) is 4.42. The van der Waals surface area contributed by atoms with Gasteiger partial charge in [0.1, 0.15) is 11.6 Å². The number of rotatable bonds is 4. The third-order valence-electron chi connectivity index (χ3n) is 2.77. The summed E-state index contributed by atoms with van der Waals surface area (Å²) in [6.07, 6.45) is 0. The summed E-state index contributed by atoms with van der Waals surface area (Å²) in [5, 5.41) is 5.58. The van der Waals surface area contributed by atoms with E-state index in [1.807, 2.05) is 19.2 Å². The zero-order valence-electron chi connectivity index (χ0n) is 10.9. The number of carbonyl (C=O) groups is 1. The van der Waals surface area contributed by atoms with E-state index in [4.69, 9.17) is 0 Å². The van der Waals surface area contributed by atoms with Crippen molar-refractivity contribution in [1.82, 2.24) is 5.32 Å². The molecule has 2 rings (SSSR count). The number of hydrogen-bond acceptors (Lipinski definition) is 2. The first-order valence-electron chi connectivity index (χ1n) is 6.10. The highest BCUT2D eigenvalue weighted by molar-refractivity contribution is 6.04. The lowest BCUT2D eigenvalue weighted by Crippen LogP contribution is -2.14. The van der Waals surface area contributed by atoms with Gasteiger partial charge < -0.3 is 10.6 Å². The monoisotopic (exact) mass is 276 g/mol. The van der Waals surface area contributed by atoms with Gasteiger partial charge in [-0.25, -0.2) is 8.78 Å². The summed E-state index contributed by atoms with van der Waals surface area (Å²) in [4.78, 5) is 11.9. The van der Waals surface area contributed by atoms with Crippen LogP contribution >= 0.6 is 0 Å². The van der Waals surface area contributed by atoms with E-state index in [0.717, 1.165) is 24.2 Å². The van der Waals surface area contributed by atoms with E-state index in [1.165, 1.54) is 0 Å². The van der Waals surface area contributed by atoms with Crippen LogP contribution in [0, 0.1) is 11.6 Å². The van der Waals surface area contributed by atoms with Crippen LogP contribution in [0.4, 0.5) is 14.5 Å². The summed E-state index contributed by atoms with van der Waals surface area (Å²) in [6.45, 7) is 0.723. The minimum atomic E-state index is -0.880. The molecule has 2 N–H and O–H groups in total. The van der Waals surface area contributed by atoms with Gasteiger partial charge in [0.25, 0.3) is 5.91 Å². The van der Waals surface area contributed by atoms with Crippen molar-refractivity contribution in [3.63, 3.8) is 0 Å². The van der Waals surface area contributed by atoms with Gasteiger partial charge in [0.05, 0.1) is 5.56 Å². The van der Waals surface area contributed by atoms with Gasteiger partial charge in [0, 0.05) is 18.3 Å². The molecule has 0 bridgehead atoms. The zero-order valence-corrected chi connectivity index (χ0v) is 10.9. The molecule has 0 aliphatic rings. The summed E-state index contributed by atoms with van der Waals surface area (Å²) in [7, 11) is 1.84. The molecule has 0 saturated heterocycles. The number of amides is 1. The Morgan fingerprint density at radius 1 is 1.10 bits per heavy atom. The second kappa shape index (κ2) is 6.25. The van der Waals surface area contributed by atoms with Gasteiger partial charge in [-0.2, -0.15) is 0 Å². The van der Waals surface area contributed by atoms with Crippen molar-refractivity contribution in [1.29, 1.82) is 0 Å². The normalized spacial score (nSPS) is 10.3. The SMILES string of the molecule is CNCc1ccc(NC(=O)c2ccc(F)cc2F)cc1. The second-order valence-corrected chi connectivity index (χ2v) is 4.31. The first kappa shape index (κ1) is 14.1. The van der Waals surface area contributed by atoms with Gasteiger partial charge in [0.2, 0.25) is 0 Å². The molecule has 2 aromatic carbocycles. The molecule has 0 atom stereocenters. The maximum Gasteiger partial charge on any atom is 0.258 e. The Morgan fingerprint density at radius 3 is 2.40 bits per heavy atom. The molecular weight excluding hydrogens is 262 g/mol. The quantitative estimate of drug-likeness (QED) is 0.901. The van der Waals surface area contributed by atoms with Crippen LogP contribution in [-0.4, -0.2) is 13.0 Å². The molecule has 104 valence electrons. The van der Waals surface area contributed by atoms with Crippen molar-refractivity contribution < 1.29 is 13.6 Å². The predicted octanol–water partition coefficient (Wildman–Crippen LogP) is 2.94. The number of nitrogens with one attached hydrogen (secondary N) is 2. The molecule has 0 aliphatic carbocycles. The largest absolute Gasteiger partial charge is 0.322 e. The van der Waals surface area contributed by atoms with Gasteiger partial charge in [-0.15, -0.1) is 0 Å². The van der Waals surface area contributed by atoms with E-state index in [2.05, 4.69) is 10.6 Å². The number of hydrogen-bond donors (Lipinski definition) is 2. The summed E-state index contributed by atoms with van der Waals surface area (Å²) >= 11 is 0. The molecule has 0 spiro atoms. The molecule has 0 aromatic heterocycles. The zero-order chi connectivity index (χ0) is 14.5. The Morgan fingerprint density at radius 2 is 1.80 bits per heavy atom. The lowest BCUT2D eigenvalue weighted by molar-refractivity contribution is 0.102. The summed E-state index contributed by atoms with van der Waals surface area (Å²) in [5.74, 6) is -2.20. The molecule has 0 unspecified atom stereocenters. The van der Waals surface area contributed by atoms with Crippen LogP contribution in [0.25, 0.3) is 0 Å². The molecule has 20 heavy (non-hydrogen) atoms. The van der Waals surface area contributed by atoms with E-state index in [1.54, 1.807) is 12.1 Å². The molecule has 0 saturated carbocycles. The molecule has 1 amide bonds. The lowest BCUT2D eigenvalue weighted by atomic mass is 10.1. The molecule has 3 nitrogen and oxygen atoms in total.